The van der Waals surface area contributed by atoms with Crippen LogP contribution < -0.4 is 5.32 Å². The lowest BCUT2D eigenvalue weighted by Gasteiger charge is -2.30. The number of amides is 2. The van der Waals surface area contributed by atoms with Crippen molar-refractivity contribution in [2.45, 2.75) is 51.8 Å². The molecule has 0 aromatic heterocycles. The first-order valence-corrected chi connectivity index (χ1v) is 10.1. The Morgan fingerprint density at radius 2 is 1.81 bits per heavy atom. The highest BCUT2D eigenvalue weighted by atomic mass is 16.3. The molecule has 0 aliphatic carbocycles. The number of nitrogens with zero attached hydrogens (tertiary/aromatic N) is 2. The van der Waals surface area contributed by atoms with Crippen molar-refractivity contribution < 1.29 is 14.7 Å². The van der Waals surface area contributed by atoms with Crippen molar-refractivity contribution in [1.29, 1.82) is 0 Å². The van der Waals surface area contributed by atoms with Gasteiger partial charge in [0.1, 0.15) is 0 Å². The third-order valence-corrected chi connectivity index (χ3v) is 5.65. The summed E-state index contributed by atoms with van der Waals surface area (Å²) in [5, 5.41) is 12.5. The second-order valence-electron chi connectivity index (χ2n) is 7.96. The molecule has 2 fully saturated rings. The van der Waals surface area contributed by atoms with E-state index in [2.05, 4.69) is 23.2 Å². The van der Waals surface area contributed by atoms with Gasteiger partial charge in [-0.3, -0.25) is 14.5 Å². The SMILES string of the molecule is C[C@H]1CCCN(C(=O)C(=O)NCc2ccccc2CN2CCC(O)CC2)C1. The number of piperidine rings is 2. The van der Waals surface area contributed by atoms with Crippen molar-refractivity contribution in [1.82, 2.24) is 15.1 Å². The molecule has 6 heteroatoms. The number of aliphatic hydroxyl groups excluding tert-OH is 1. The van der Waals surface area contributed by atoms with Gasteiger partial charge in [0, 0.05) is 39.3 Å². The summed E-state index contributed by atoms with van der Waals surface area (Å²) in [5.41, 5.74) is 2.20. The van der Waals surface area contributed by atoms with E-state index < -0.39 is 11.8 Å². The minimum absolute atomic E-state index is 0.181. The first kappa shape index (κ1) is 19.8. The third kappa shape index (κ3) is 5.53. The minimum Gasteiger partial charge on any atom is -0.393 e. The number of aliphatic hydroxyl groups is 1. The predicted molar refractivity (Wildman–Crippen MR) is 104 cm³/mol. The maximum Gasteiger partial charge on any atom is 0.311 e. The van der Waals surface area contributed by atoms with Crippen LogP contribution in [0.4, 0.5) is 0 Å². The first-order valence-electron chi connectivity index (χ1n) is 10.1. The van der Waals surface area contributed by atoms with Crippen LogP contribution in [0.3, 0.4) is 0 Å². The van der Waals surface area contributed by atoms with Crippen LogP contribution in [-0.2, 0) is 22.7 Å². The highest BCUT2D eigenvalue weighted by Gasteiger charge is 2.26. The summed E-state index contributed by atoms with van der Waals surface area (Å²) in [6.45, 7) is 6.39. The van der Waals surface area contributed by atoms with Gasteiger partial charge in [0.25, 0.3) is 0 Å². The van der Waals surface area contributed by atoms with Crippen LogP contribution in [0.25, 0.3) is 0 Å². The highest BCUT2D eigenvalue weighted by Crippen LogP contribution is 2.17. The van der Waals surface area contributed by atoms with Crippen molar-refractivity contribution in [3.8, 4) is 0 Å². The average molecular weight is 373 g/mol. The highest BCUT2D eigenvalue weighted by molar-refractivity contribution is 6.34. The van der Waals surface area contributed by atoms with E-state index in [9.17, 15) is 14.7 Å². The summed E-state index contributed by atoms with van der Waals surface area (Å²) in [6.07, 6.45) is 3.52. The largest absolute Gasteiger partial charge is 0.393 e. The second-order valence-corrected chi connectivity index (χ2v) is 7.96. The number of hydrogen-bond acceptors (Lipinski definition) is 4. The lowest BCUT2D eigenvalue weighted by Crippen LogP contribution is -2.46. The zero-order chi connectivity index (χ0) is 19.2. The van der Waals surface area contributed by atoms with E-state index in [1.807, 2.05) is 18.2 Å². The standard InChI is InChI=1S/C21H31N3O3/c1-16-5-4-10-24(14-16)21(27)20(26)22-13-17-6-2-3-7-18(17)15-23-11-8-19(25)9-12-23/h2-3,6-7,16,19,25H,4-5,8-15H2,1H3,(H,22,26)/t16-/m0/s1. The molecule has 1 atom stereocenters. The van der Waals surface area contributed by atoms with Gasteiger partial charge >= 0.3 is 11.8 Å². The molecule has 2 N–H and O–H groups in total. The molecule has 0 spiro atoms. The summed E-state index contributed by atoms with van der Waals surface area (Å²) in [7, 11) is 0. The smallest absolute Gasteiger partial charge is 0.311 e. The molecule has 1 aromatic rings. The van der Waals surface area contributed by atoms with Crippen molar-refractivity contribution in [2.75, 3.05) is 26.2 Å². The molecule has 0 radical (unpaired) electrons. The van der Waals surface area contributed by atoms with E-state index in [-0.39, 0.29) is 6.10 Å². The Hall–Kier alpha value is -1.92. The molecule has 2 saturated heterocycles. The maximum atomic E-state index is 12.4. The number of benzene rings is 1. The second kappa shape index (κ2) is 9.33. The lowest BCUT2D eigenvalue weighted by atomic mass is 10.0. The fourth-order valence-corrected chi connectivity index (χ4v) is 3.97. The Labute approximate surface area is 161 Å². The Bertz CT molecular complexity index is 656. The van der Waals surface area contributed by atoms with Gasteiger partial charge in [-0.15, -0.1) is 0 Å². The minimum atomic E-state index is -0.514. The molecule has 1 aromatic carbocycles. The molecule has 0 saturated carbocycles. The molecule has 6 nitrogen and oxygen atoms in total. The van der Waals surface area contributed by atoms with Crippen molar-refractivity contribution in [3.05, 3.63) is 35.4 Å². The molecule has 27 heavy (non-hydrogen) atoms. The van der Waals surface area contributed by atoms with Crippen LogP contribution in [0.5, 0.6) is 0 Å². The summed E-state index contributed by atoms with van der Waals surface area (Å²) < 4.78 is 0. The number of carbonyl (C=O) groups is 2. The van der Waals surface area contributed by atoms with Crippen LogP contribution in [-0.4, -0.2) is 59.0 Å². The number of hydrogen-bond donors (Lipinski definition) is 2. The van der Waals surface area contributed by atoms with Crippen LogP contribution >= 0.6 is 0 Å². The van der Waals surface area contributed by atoms with Gasteiger partial charge in [-0.25, -0.2) is 0 Å². The topological polar surface area (TPSA) is 72.9 Å². The van der Waals surface area contributed by atoms with E-state index in [1.165, 1.54) is 0 Å². The zero-order valence-corrected chi connectivity index (χ0v) is 16.2. The van der Waals surface area contributed by atoms with E-state index in [4.69, 9.17) is 0 Å². The molecule has 2 aliphatic rings. The summed E-state index contributed by atoms with van der Waals surface area (Å²) >= 11 is 0. The number of carbonyl (C=O) groups excluding carboxylic acids is 2. The quantitative estimate of drug-likeness (QED) is 0.785. The van der Waals surface area contributed by atoms with Gasteiger partial charge in [0.2, 0.25) is 0 Å². The monoisotopic (exact) mass is 373 g/mol. The van der Waals surface area contributed by atoms with Gasteiger partial charge in [-0.05, 0) is 42.7 Å². The van der Waals surface area contributed by atoms with Crippen LogP contribution in [0, 0.1) is 5.92 Å². The lowest BCUT2D eigenvalue weighted by molar-refractivity contribution is -0.147. The Morgan fingerprint density at radius 3 is 2.52 bits per heavy atom. The first-order chi connectivity index (χ1) is 13.0. The Kier molecular flexibility index (Phi) is 6.85. The Morgan fingerprint density at radius 1 is 1.11 bits per heavy atom. The summed E-state index contributed by atoms with van der Waals surface area (Å²) in [4.78, 5) is 28.7. The van der Waals surface area contributed by atoms with Crippen molar-refractivity contribution in [3.63, 3.8) is 0 Å². The van der Waals surface area contributed by atoms with E-state index in [1.54, 1.807) is 4.90 Å². The molecular formula is C21H31N3O3. The number of likely N-dealkylation sites (tertiary alicyclic amines) is 2. The normalized spacial score (nSPS) is 21.9. The fourth-order valence-electron chi connectivity index (χ4n) is 3.97. The molecule has 2 heterocycles. The number of nitrogens with one attached hydrogen (secondary N) is 1. The summed E-state index contributed by atoms with van der Waals surface area (Å²) in [6, 6.07) is 8.03. The van der Waals surface area contributed by atoms with Crippen molar-refractivity contribution >= 4 is 11.8 Å². The molecular weight excluding hydrogens is 342 g/mol. The average Bonchev–Trinajstić information content (AvgIpc) is 2.68. The molecule has 2 aliphatic heterocycles. The van der Waals surface area contributed by atoms with Crippen LogP contribution in [0.2, 0.25) is 0 Å². The maximum absolute atomic E-state index is 12.4. The zero-order valence-electron chi connectivity index (χ0n) is 16.2. The molecule has 3 rings (SSSR count). The van der Waals surface area contributed by atoms with Crippen molar-refractivity contribution in [2.24, 2.45) is 5.92 Å². The van der Waals surface area contributed by atoms with Crippen LogP contribution in [0.1, 0.15) is 43.7 Å². The van der Waals surface area contributed by atoms with E-state index in [0.717, 1.165) is 56.4 Å². The van der Waals surface area contributed by atoms with Crippen LogP contribution in [0.15, 0.2) is 24.3 Å². The van der Waals surface area contributed by atoms with Gasteiger partial charge in [0.05, 0.1) is 6.10 Å². The number of rotatable bonds is 4. The molecule has 148 valence electrons. The summed E-state index contributed by atoms with van der Waals surface area (Å²) in [5.74, 6) is -0.469. The van der Waals surface area contributed by atoms with Gasteiger partial charge in [0.15, 0.2) is 0 Å². The molecule has 2 amide bonds. The third-order valence-electron chi connectivity index (χ3n) is 5.65. The molecule has 0 bridgehead atoms. The predicted octanol–water partition coefficient (Wildman–Crippen LogP) is 1.52. The fraction of sp³-hybridized carbons (Fsp3) is 0.619. The Balaban J connectivity index is 1.54. The van der Waals surface area contributed by atoms with E-state index >= 15 is 0 Å². The van der Waals surface area contributed by atoms with Gasteiger partial charge < -0.3 is 15.3 Å². The van der Waals surface area contributed by atoms with Gasteiger partial charge in [-0.1, -0.05) is 31.2 Å². The molecule has 0 unspecified atom stereocenters. The van der Waals surface area contributed by atoms with E-state index in [0.29, 0.717) is 25.6 Å². The van der Waals surface area contributed by atoms with Gasteiger partial charge in [-0.2, -0.15) is 0 Å².